The quantitative estimate of drug-likeness (QED) is 0.889. The molecule has 2 aliphatic rings. The van der Waals surface area contributed by atoms with E-state index in [0.29, 0.717) is 11.9 Å². The van der Waals surface area contributed by atoms with Crippen LogP contribution in [0.4, 0.5) is 11.9 Å². The van der Waals surface area contributed by atoms with Crippen molar-refractivity contribution in [1.29, 1.82) is 0 Å². The van der Waals surface area contributed by atoms with Crippen LogP contribution in [-0.4, -0.2) is 47.0 Å². The monoisotopic (exact) mass is 276 g/mol. The molecule has 0 unspecified atom stereocenters. The van der Waals surface area contributed by atoms with Gasteiger partial charge >= 0.3 is 0 Å². The predicted octanol–water partition coefficient (Wildman–Crippen LogP) is 1.14. The number of hydrogen-bond acceptors (Lipinski definition) is 6. The van der Waals surface area contributed by atoms with E-state index in [4.69, 9.17) is 5.73 Å². The van der Waals surface area contributed by atoms with Crippen LogP contribution < -0.4 is 10.6 Å². The van der Waals surface area contributed by atoms with Crippen molar-refractivity contribution in [2.45, 2.75) is 32.2 Å². The molecule has 6 nitrogen and oxygen atoms in total. The molecule has 2 N–H and O–H groups in total. The second-order valence-corrected chi connectivity index (χ2v) is 6.26. The van der Waals surface area contributed by atoms with E-state index >= 15 is 0 Å². The molecule has 1 aromatic heterocycles. The van der Waals surface area contributed by atoms with Gasteiger partial charge in [-0.05, 0) is 50.6 Å². The molecule has 0 spiro atoms. The van der Waals surface area contributed by atoms with Gasteiger partial charge in [0.2, 0.25) is 11.9 Å². The maximum atomic E-state index is 5.76. The van der Waals surface area contributed by atoms with E-state index in [2.05, 4.69) is 19.9 Å². The van der Waals surface area contributed by atoms with E-state index in [1.54, 1.807) is 0 Å². The summed E-state index contributed by atoms with van der Waals surface area (Å²) in [6.45, 7) is 3.10. The minimum absolute atomic E-state index is 0.312. The first-order chi connectivity index (χ1) is 9.61. The summed E-state index contributed by atoms with van der Waals surface area (Å²) < 4.78 is 0. The molecule has 0 amide bonds. The minimum Gasteiger partial charge on any atom is -0.368 e. The zero-order valence-corrected chi connectivity index (χ0v) is 12.4. The largest absolute Gasteiger partial charge is 0.368 e. The SMILES string of the molecule is CN(C)c1nc(N)nc(CN2CCC(C3CC3)CC2)n1. The number of likely N-dealkylation sites (tertiary alicyclic amines) is 1. The van der Waals surface area contributed by atoms with Crippen LogP contribution in [0, 0.1) is 11.8 Å². The number of nitrogens with zero attached hydrogens (tertiary/aromatic N) is 5. The lowest BCUT2D eigenvalue weighted by Crippen LogP contribution is -2.34. The zero-order valence-electron chi connectivity index (χ0n) is 12.4. The molecule has 20 heavy (non-hydrogen) atoms. The normalized spacial score (nSPS) is 21.1. The summed E-state index contributed by atoms with van der Waals surface area (Å²) in [4.78, 5) is 17.2. The van der Waals surface area contributed by atoms with Crippen molar-refractivity contribution in [2.24, 2.45) is 11.8 Å². The highest BCUT2D eigenvalue weighted by Gasteiger charge is 2.33. The van der Waals surface area contributed by atoms with Gasteiger partial charge in [-0.3, -0.25) is 4.90 Å². The van der Waals surface area contributed by atoms with Crippen molar-refractivity contribution in [3.05, 3.63) is 5.82 Å². The van der Waals surface area contributed by atoms with Gasteiger partial charge < -0.3 is 10.6 Å². The van der Waals surface area contributed by atoms with Crippen molar-refractivity contribution in [3.8, 4) is 0 Å². The van der Waals surface area contributed by atoms with E-state index < -0.39 is 0 Å². The van der Waals surface area contributed by atoms with Crippen LogP contribution in [0.1, 0.15) is 31.5 Å². The minimum atomic E-state index is 0.312. The lowest BCUT2D eigenvalue weighted by atomic mass is 9.92. The summed E-state index contributed by atoms with van der Waals surface area (Å²) in [5.41, 5.74) is 5.76. The number of hydrogen-bond donors (Lipinski definition) is 1. The molecular weight excluding hydrogens is 252 g/mol. The molecule has 6 heteroatoms. The Balaban J connectivity index is 1.60. The average Bonchev–Trinajstić information content (AvgIpc) is 3.23. The third kappa shape index (κ3) is 3.17. The van der Waals surface area contributed by atoms with Gasteiger partial charge in [0.15, 0.2) is 0 Å². The summed E-state index contributed by atoms with van der Waals surface area (Å²) in [6.07, 6.45) is 5.57. The van der Waals surface area contributed by atoms with Crippen LogP contribution in [-0.2, 0) is 6.54 Å². The van der Waals surface area contributed by atoms with Crippen LogP contribution in [0.2, 0.25) is 0 Å². The molecule has 110 valence electrons. The van der Waals surface area contributed by atoms with E-state index in [-0.39, 0.29) is 0 Å². The fourth-order valence-corrected chi connectivity index (χ4v) is 3.05. The Bertz CT molecular complexity index is 463. The summed E-state index contributed by atoms with van der Waals surface area (Å²) in [5.74, 6) is 3.73. The van der Waals surface area contributed by atoms with Gasteiger partial charge in [-0.25, -0.2) is 0 Å². The molecule has 0 radical (unpaired) electrons. The Morgan fingerprint density at radius 1 is 1.05 bits per heavy atom. The van der Waals surface area contributed by atoms with Crippen molar-refractivity contribution in [1.82, 2.24) is 19.9 Å². The van der Waals surface area contributed by atoms with Crippen LogP contribution >= 0.6 is 0 Å². The van der Waals surface area contributed by atoms with Gasteiger partial charge in [0.25, 0.3) is 0 Å². The van der Waals surface area contributed by atoms with E-state index in [9.17, 15) is 0 Å². The third-order valence-corrected chi connectivity index (χ3v) is 4.37. The number of anilines is 2. The first-order valence-electron chi connectivity index (χ1n) is 7.52. The molecule has 1 saturated carbocycles. The molecule has 1 aliphatic heterocycles. The number of nitrogen functional groups attached to an aromatic ring is 1. The number of rotatable bonds is 4. The molecule has 0 bridgehead atoms. The Hall–Kier alpha value is -1.43. The lowest BCUT2D eigenvalue weighted by molar-refractivity contribution is 0.163. The van der Waals surface area contributed by atoms with Gasteiger partial charge in [-0.15, -0.1) is 0 Å². The van der Waals surface area contributed by atoms with Gasteiger partial charge in [0.05, 0.1) is 6.54 Å². The van der Waals surface area contributed by atoms with Crippen LogP contribution in [0.25, 0.3) is 0 Å². The van der Waals surface area contributed by atoms with E-state index in [1.165, 1.54) is 25.7 Å². The molecular formula is C14H24N6. The molecule has 0 atom stereocenters. The highest BCUT2D eigenvalue weighted by molar-refractivity contribution is 5.32. The Morgan fingerprint density at radius 2 is 1.70 bits per heavy atom. The standard InChI is InChI=1S/C14H24N6/c1-19(2)14-17-12(16-13(15)18-14)9-20-7-5-11(6-8-20)10-3-4-10/h10-11H,3-9H2,1-2H3,(H2,15,16,17,18). The molecule has 3 rings (SSSR count). The van der Waals surface area contributed by atoms with Crippen LogP contribution in [0.5, 0.6) is 0 Å². The van der Waals surface area contributed by atoms with Gasteiger partial charge in [-0.1, -0.05) is 0 Å². The zero-order chi connectivity index (χ0) is 14.1. The third-order valence-electron chi connectivity index (χ3n) is 4.37. The van der Waals surface area contributed by atoms with E-state index in [0.717, 1.165) is 37.3 Å². The molecule has 2 heterocycles. The second kappa shape index (κ2) is 5.52. The first-order valence-corrected chi connectivity index (χ1v) is 7.52. The van der Waals surface area contributed by atoms with Gasteiger partial charge in [-0.2, -0.15) is 15.0 Å². The fourth-order valence-electron chi connectivity index (χ4n) is 3.05. The Morgan fingerprint density at radius 3 is 2.30 bits per heavy atom. The molecule has 1 aromatic rings. The van der Waals surface area contributed by atoms with Crippen LogP contribution in [0.15, 0.2) is 0 Å². The maximum Gasteiger partial charge on any atom is 0.229 e. The van der Waals surface area contributed by atoms with E-state index in [1.807, 2.05) is 19.0 Å². The van der Waals surface area contributed by atoms with Crippen molar-refractivity contribution < 1.29 is 0 Å². The molecule has 0 aromatic carbocycles. The smallest absolute Gasteiger partial charge is 0.229 e. The van der Waals surface area contributed by atoms with Crippen LogP contribution in [0.3, 0.4) is 0 Å². The number of piperidine rings is 1. The molecule has 1 aliphatic carbocycles. The maximum absolute atomic E-state index is 5.76. The first kappa shape index (κ1) is 13.5. The van der Waals surface area contributed by atoms with Crippen molar-refractivity contribution >= 4 is 11.9 Å². The molecule has 1 saturated heterocycles. The summed E-state index contributed by atoms with van der Waals surface area (Å²) in [7, 11) is 3.83. The topological polar surface area (TPSA) is 71.2 Å². The Kier molecular flexibility index (Phi) is 3.74. The summed E-state index contributed by atoms with van der Waals surface area (Å²) in [6, 6.07) is 0. The van der Waals surface area contributed by atoms with Gasteiger partial charge in [0, 0.05) is 14.1 Å². The highest BCUT2D eigenvalue weighted by Crippen LogP contribution is 2.41. The number of nitrogens with two attached hydrogens (primary N) is 1. The highest BCUT2D eigenvalue weighted by atomic mass is 15.3. The van der Waals surface area contributed by atoms with Gasteiger partial charge in [0.1, 0.15) is 5.82 Å². The Labute approximate surface area is 120 Å². The number of aromatic nitrogens is 3. The van der Waals surface area contributed by atoms with Crippen molar-refractivity contribution in [3.63, 3.8) is 0 Å². The predicted molar refractivity (Wildman–Crippen MR) is 79.3 cm³/mol. The summed E-state index contributed by atoms with van der Waals surface area (Å²) >= 11 is 0. The summed E-state index contributed by atoms with van der Waals surface area (Å²) in [5, 5.41) is 0. The lowest BCUT2D eigenvalue weighted by Gasteiger charge is -2.31. The average molecular weight is 276 g/mol. The second-order valence-electron chi connectivity index (χ2n) is 6.26. The fraction of sp³-hybridized carbons (Fsp3) is 0.786. The van der Waals surface area contributed by atoms with Crippen molar-refractivity contribution in [2.75, 3.05) is 37.8 Å². The molecule has 2 fully saturated rings.